The minimum absolute atomic E-state index is 0.0253. The van der Waals surface area contributed by atoms with Gasteiger partial charge in [0.1, 0.15) is 17.3 Å². The molecule has 0 saturated carbocycles. The second kappa shape index (κ2) is 10.8. The van der Waals surface area contributed by atoms with E-state index < -0.39 is 17.8 Å². The lowest BCUT2D eigenvalue weighted by Gasteiger charge is -2.10. The Bertz CT molecular complexity index is 1440. The lowest BCUT2D eigenvalue weighted by Crippen LogP contribution is -2.25. The Kier molecular flexibility index (Phi) is 7.40. The van der Waals surface area contributed by atoms with Crippen molar-refractivity contribution in [2.45, 2.75) is 13.3 Å². The fraction of sp³-hybridized carbons (Fsp3) is 0.120. The largest absolute Gasteiger partial charge is 0.481 e. The number of thiophene rings is 1. The first kappa shape index (κ1) is 24.6. The smallest absolute Gasteiger partial charge is 0.323 e. The van der Waals surface area contributed by atoms with Gasteiger partial charge in [-0.1, -0.05) is 6.07 Å². The van der Waals surface area contributed by atoms with Gasteiger partial charge in [-0.25, -0.2) is 9.18 Å². The summed E-state index contributed by atoms with van der Waals surface area (Å²) in [6.45, 7) is 1.82. The van der Waals surface area contributed by atoms with Gasteiger partial charge in [-0.15, -0.1) is 11.3 Å². The van der Waals surface area contributed by atoms with Crippen LogP contribution in [-0.2, 0) is 4.79 Å². The number of aromatic nitrogens is 1. The molecule has 2 aromatic carbocycles. The highest BCUT2D eigenvalue weighted by Crippen LogP contribution is 2.35. The van der Waals surface area contributed by atoms with Crippen LogP contribution >= 0.6 is 11.3 Å². The zero-order valence-electron chi connectivity index (χ0n) is 19.0. The van der Waals surface area contributed by atoms with Gasteiger partial charge in [-0.05, 0) is 55.0 Å². The molecule has 36 heavy (non-hydrogen) atoms. The molecular formula is C25H21FN4O5S. The normalized spacial score (nSPS) is 10.6. The summed E-state index contributed by atoms with van der Waals surface area (Å²) >= 11 is 1.18. The molecule has 0 unspecified atom stereocenters. The van der Waals surface area contributed by atoms with Gasteiger partial charge in [0.15, 0.2) is 0 Å². The summed E-state index contributed by atoms with van der Waals surface area (Å²) in [6.07, 6.45) is 1.39. The van der Waals surface area contributed by atoms with E-state index in [4.69, 9.17) is 9.84 Å². The first-order valence-corrected chi connectivity index (χ1v) is 11.6. The number of fused-ring (bicyclic) bond motifs is 1. The summed E-state index contributed by atoms with van der Waals surface area (Å²) in [4.78, 5) is 39.8. The maximum atomic E-state index is 13.9. The fourth-order valence-electron chi connectivity index (χ4n) is 3.23. The SMILES string of the molecule is Cc1ccc(F)c(NC(=O)Nc2ccc(Oc3ccnc4cc(C(=O)NCCC(=O)O)sc34)cc2)c1. The van der Waals surface area contributed by atoms with E-state index in [1.807, 2.05) is 0 Å². The summed E-state index contributed by atoms with van der Waals surface area (Å²) in [7, 11) is 0. The van der Waals surface area contributed by atoms with Crippen LogP contribution in [0.3, 0.4) is 0 Å². The molecule has 0 spiro atoms. The molecule has 0 aliphatic heterocycles. The standard InChI is InChI=1S/C25H21FN4O5S/c1-14-2-7-17(26)18(12-14)30-25(34)29-15-3-5-16(6-4-15)35-20-8-10-27-19-13-21(36-23(19)20)24(33)28-11-9-22(31)32/h2-8,10,12-13H,9,11H2,1H3,(H,28,33)(H,31,32)(H2,29,30,34). The number of benzene rings is 2. The minimum atomic E-state index is -0.994. The Morgan fingerprint density at radius 3 is 2.58 bits per heavy atom. The van der Waals surface area contributed by atoms with Crippen LogP contribution in [0, 0.1) is 12.7 Å². The van der Waals surface area contributed by atoms with Crippen molar-refractivity contribution in [3.63, 3.8) is 0 Å². The summed E-state index contributed by atoms with van der Waals surface area (Å²) in [5, 5.41) is 16.4. The Balaban J connectivity index is 1.41. The molecule has 184 valence electrons. The third-order valence-corrected chi connectivity index (χ3v) is 6.07. The van der Waals surface area contributed by atoms with E-state index in [1.165, 1.54) is 23.5 Å². The highest BCUT2D eigenvalue weighted by molar-refractivity contribution is 7.21. The summed E-state index contributed by atoms with van der Waals surface area (Å²) in [5.74, 6) is -0.935. The molecule has 4 aromatic rings. The number of carbonyl (C=O) groups excluding carboxylic acids is 2. The van der Waals surface area contributed by atoms with Crippen LogP contribution in [0.4, 0.5) is 20.6 Å². The highest BCUT2D eigenvalue weighted by atomic mass is 32.1. The molecule has 0 radical (unpaired) electrons. The van der Waals surface area contributed by atoms with Gasteiger partial charge in [0.05, 0.1) is 27.2 Å². The van der Waals surface area contributed by atoms with Crippen LogP contribution in [0.25, 0.3) is 10.2 Å². The molecule has 4 rings (SSSR count). The fourth-order valence-corrected chi connectivity index (χ4v) is 4.21. The van der Waals surface area contributed by atoms with Gasteiger partial charge in [0.2, 0.25) is 0 Å². The van der Waals surface area contributed by atoms with Gasteiger partial charge in [-0.3, -0.25) is 14.6 Å². The van der Waals surface area contributed by atoms with Crippen LogP contribution in [0.1, 0.15) is 21.7 Å². The number of hydrogen-bond donors (Lipinski definition) is 4. The Labute approximate surface area is 208 Å². The predicted octanol–water partition coefficient (Wildman–Crippen LogP) is 5.38. The van der Waals surface area contributed by atoms with Crippen LogP contribution < -0.4 is 20.7 Å². The number of nitrogens with one attached hydrogen (secondary N) is 3. The molecular weight excluding hydrogens is 487 g/mol. The predicted molar refractivity (Wildman–Crippen MR) is 135 cm³/mol. The van der Waals surface area contributed by atoms with E-state index in [0.717, 1.165) is 5.56 Å². The Morgan fingerprint density at radius 2 is 1.83 bits per heavy atom. The number of hydrogen-bond acceptors (Lipinski definition) is 6. The highest BCUT2D eigenvalue weighted by Gasteiger charge is 2.15. The number of carboxylic acid groups (broad SMARTS) is 1. The van der Waals surface area contributed by atoms with Crippen LogP contribution in [0.15, 0.2) is 60.8 Å². The second-order valence-corrected chi connectivity index (χ2v) is 8.77. The van der Waals surface area contributed by atoms with Crippen molar-refractivity contribution in [3.05, 3.63) is 77.1 Å². The molecule has 4 N–H and O–H groups in total. The van der Waals surface area contributed by atoms with E-state index in [2.05, 4.69) is 20.9 Å². The summed E-state index contributed by atoms with van der Waals surface area (Å²) < 4.78 is 20.5. The van der Waals surface area contributed by atoms with Gasteiger partial charge in [-0.2, -0.15) is 0 Å². The van der Waals surface area contributed by atoms with E-state index in [9.17, 15) is 18.8 Å². The number of rotatable bonds is 8. The Hall–Kier alpha value is -4.51. The molecule has 0 fully saturated rings. The van der Waals surface area contributed by atoms with Crippen molar-refractivity contribution in [1.82, 2.24) is 10.3 Å². The van der Waals surface area contributed by atoms with Crippen LogP contribution in [0.2, 0.25) is 0 Å². The number of pyridine rings is 1. The zero-order chi connectivity index (χ0) is 25.7. The summed E-state index contributed by atoms with van der Waals surface area (Å²) in [6, 6.07) is 13.7. The second-order valence-electron chi connectivity index (χ2n) is 7.72. The van der Waals surface area contributed by atoms with Crippen LogP contribution in [0.5, 0.6) is 11.5 Å². The number of anilines is 2. The molecule has 0 aliphatic carbocycles. The van der Waals surface area contributed by atoms with Crippen LogP contribution in [-0.4, -0.2) is 34.5 Å². The number of urea groups is 1. The first-order valence-electron chi connectivity index (χ1n) is 10.8. The van der Waals surface area contributed by atoms with Gasteiger partial charge >= 0.3 is 12.0 Å². The van der Waals surface area contributed by atoms with Gasteiger partial charge < -0.3 is 25.8 Å². The molecule has 9 nitrogen and oxygen atoms in total. The lowest BCUT2D eigenvalue weighted by atomic mass is 10.2. The average Bonchev–Trinajstić information content (AvgIpc) is 3.28. The van der Waals surface area contributed by atoms with Crippen molar-refractivity contribution in [2.24, 2.45) is 0 Å². The molecule has 0 atom stereocenters. The summed E-state index contributed by atoms with van der Waals surface area (Å²) in [5.41, 5.74) is 1.94. The lowest BCUT2D eigenvalue weighted by molar-refractivity contribution is -0.136. The topological polar surface area (TPSA) is 130 Å². The van der Waals surface area contributed by atoms with E-state index >= 15 is 0 Å². The van der Waals surface area contributed by atoms with Crippen molar-refractivity contribution in [2.75, 3.05) is 17.2 Å². The van der Waals surface area contributed by atoms with Crippen molar-refractivity contribution in [3.8, 4) is 11.5 Å². The zero-order valence-corrected chi connectivity index (χ0v) is 19.8. The number of aliphatic carboxylic acids is 1. The third kappa shape index (κ3) is 6.13. The van der Waals surface area contributed by atoms with Crippen molar-refractivity contribution < 1.29 is 28.6 Å². The number of aryl methyl sites for hydroxylation is 1. The monoisotopic (exact) mass is 508 g/mol. The molecule has 0 saturated heterocycles. The van der Waals surface area contributed by atoms with E-state index in [-0.39, 0.29) is 24.6 Å². The quantitative estimate of drug-likeness (QED) is 0.253. The molecule has 2 aromatic heterocycles. The van der Waals surface area contributed by atoms with Crippen molar-refractivity contribution in [1.29, 1.82) is 0 Å². The van der Waals surface area contributed by atoms with Gasteiger partial charge in [0, 0.05) is 24.5 Å². The molecule has 0 aliphatic rings. The number of halogens is 1. The third-order valence-electron chi connectivity index (χ3n) is 4.93. The number of amides is 3. The maximum absolute atomic E-state index is 13.9. The maximum Gasteiger partial charge on any atom is 0.323 e. The number of ether oxygens (including phenoxy) is 1. The van der Waals surface area contributed by atoms with E-state index in [1.54, 1.807) is 55.6 Å². The number of carbonyl (C=O) groups is 3. The van der Waals surface area contributed by atoms with E-state index in [0.29, 0.717) is 32.3 Å². The Morgan fingerprint density at radius 1 is 1.06 bits per heavy atom. The molecule has 2 heterocycles. The molecule has 0 bridgehead atoms. The van der Waals surface area contributed by atoms with Crippen molar-refractivity contribution >= 4 is 50.8 Å². The first-order chi connectivity index (χ1) is 17.3. The number of carboxylic acids is 1. The van der Waals surface area contributed by atoms with Gasteiger partial charge in [0.25, 0.3) is 5.91 Å². The molecule has 11 heteroatoms. The average molecular weight is 509 g/mol. The minimum Gasteiger partial charge on any atom is -0.481 e. The molecule has 3 amide bonds. The number of nitrogens with zero attached hydrogens (tertiary/aromatic N) is 1.